The van der Waals surface area contributed by atoms with E-state index in [1.54, 1.807) is 6.20 Å². The molecule has 1 atom stereocenters. The van der Waals surface area contributed by atoms with Crippen LogP contribution < -0.4 is 5.32 Å². The van der Waals surface area contributed by atoms with Crippen LogP contribution in [0.4, 0.5) is 5.69 Å². The maximum Gasteiger partial charge on any atom is 0.152 e. The van der Waals surface area contributed by atoms with Crippen LogP contribution in [0.3, 0.4) is 0 Å². The summed E-state index contributed by atoms with van der Waals surface area (Å²) in [5.74, 6) is 0.923. The van der Waals surface area contributed by atoms with E-state index in [0.717, 1.165) is 16.1 Å². The van der Waals surface area contributed by atoms with E-state index in [1.165, 1.54) is 19.3 Å². The van der Waals surface area contributed by atoms with Gasteiger partial charge in [0.05, 0.1) is 5.69 Å². The summed E-state index contributed by atoms with van der Waals surface area (Å²) in [5, 5.41) is 3.94. The molecule has 1 aliphatic rings. The zero-order valence-corrected chi connectivity index (χ0v) is 11.0. The molecule has 0 aliphatic heterocycles. The Labute approximate surface area is 104 Å². The third-order valence-corrected chi connectivity index (χ3v) is 3.33. The van der Waals surface area contributed by atoms with Gasteiger partial charge in [0.15, 0.2) is 5.15 Å². The predicted octanol–water partition coefficient (Wildman–Crippen LogP) is 4.10. The van der Waals surface area contributed by atoms with Crippen molar-refractivity contribution in [3.8, 4) is 0 Å². The highest BCUT2D eigenvalue weighted by atomic mass is 79.9. The van der Waals surface area contributed by atoms with Crippen molar-refractivity contribution in [1.29, 1.82) is 0 Å². The van der Waals surface area contributed by atoms with Gasteiger partial charge in [0, 0.05) is 16.7 Å². The molecule has 0 aromatic carbocycles. The van der Waals surface area contributed by atoms with Crippen LogP contribution in [0.1, 0.15) is 26.2 Å². The molecule has 0 spiro atoms. The first-order chi connectivity index (χ1) is 7.15. The minimum atomic E-state index is 0.464. The summed E-state index contributed by atoms with van der Waals surface area (Å²) in [5.41, 5.74) is 0.916. The lowest BCUT2D eigenvalue weighted by molar-refractivity contribution is 0.642. The summed E-state index contributed by atoms with van der Waals surface area (Å²) in [4.78, 5) is 4.08. The van der Waals surface area contributed by atoms with Gasteiger partial charge in [-0.2, -0.15) is 0 Å². The van der Waals surface area contributed by atoms with Crippen molar-refractivity contribution >= 4 is 33.2 Å². The van der Waals surface area contributed by atoms with Crippen molar-refractivity contribution in [3.05, 3.63) is 21.9 Å². The number of nitrogens with zero attached hydrogens (tertiary/aromatic N) is 1. The van der Waals surface area contributed by atoms with Crippen LogP contribution in [0.25, 0.3) is 0 Å². The van der Waals surface area contributed by atoms with Gasteiger partial charge in [0.1, 0.15) is 0 Å². The molecule has 1 aromatic rings. The Bertz CT molecular complexity index is 352. The summed E-state index contributed by atoms with van der Waals surface area (Å²) in [7, 11) is 0. The second-order valence-electron chi connectivity index (χ2n) is 4.22. The first-order valence-corrected chi connectivity index (χ1v) is 6.40. The third kappa shape index (κ3) is 3.35. The van der Waals surface area contributed by atoms with Gasteiger partial charge >= 0.3 is 0 Å². The summed E-state index contributed by atoms with van der Waals surface area (Å²) < 4.78 is 0.952. The highest BCUT2D eigenvalue weighted by Crippen LogP contribution is 2.34. The summed E-state index contributed by atoms with van der Waals surface area (Å²) in [6.07, 6.45) is 5.70. The molecule has 2 nitrogen and oxygen atoms in total. The van der Waals surface area contributed by atoms with E-state index in [9.17, 15) is 0 Å². The van der Waals surface area contributed by atoms with Gasteiger partial charge in [-0.05, 0) is 41.3 Å². The highest BCUT2D eigenvalue weighted by Gasteiger charge is 2.23. The molecule has 0 bridgehead atoms. The smallest absolute Gasteiger partial charge is 0.152 e. The van der Waals surface area contributed by atoms with Gasteiger partial charge in [-0.1, -0.05) is 24.4 Å². The first kappa shape index (κ1) is 11.2. The number of hydrogen-bond acceptors (Lipinski definition) is 2. The van der Waals surface area contributed by atoms with Gasteiger partial charge in [0.25, 0.3) is 0 Å². The molecule has 1 aromatic heterocycles. The van der Waals surface area contributed by atoms with Crippen LogP contribution in [-0.4, -0.2) is 11.0 Å². The molecule has 0 saturated heterocycles. The van der Waals surface area contributed by atoms with Crippen molar-refractivity contribution in [2.24, 2.45) is 5.92 Å². The monoisotopic (exact) mass is 288 g/mol. The minimum Gasteiger partial charge on any atom is -0.380 e. The van der Waals surface area contributed by atoms with E-state index in [0.29, 0.717) is 11.2 Å². The molecule has 1 fully saturated rings. The predicted molar refractivity (Wildman–Crippen MR) is 67.4 cm³/mol. The van der Waals surface area contributed by atoms with Crippen LogP contribution in [0.5, 0.6) is 0 Å². The van der Waals surface area contributed by atoms with Crippen molar-refractivity contribution in [2.45, 2.75) is 32.2 Å². The molecular formula is C11H14BrClN2. The SMILES string of the molecule is CC(CC1CC1)Nc1cc(Br)cnc1Cl. The lowest BCUT2D eigenvalue weighted by Gasteiger charge is -2.15. The molecule has 1 N–H and O–H groups in total. The van der Waals surface area contributed by atoms with E-state index < -0.39 is 0 Å². The number of hydrogen-bond donors (Lipinski definition) is 1. The Kier molecular flexibility index (Phi) is 3.52. The van der Waals surface area contributed by atoms with Gasteiger partial charge in [-0.3, -0.25) is 0 Å². The van der Waals surface area contributed by atoms with Crippen molar-refractivity contribution < 1.29 is 0 Å². The Morgan fingerprint density at radius 3 is 3.07 bits per heavy atom. The molecule has 4 heteroatoms. The van der Waals surface area contributed by atoms with Gasteiger partial charge in [-0.25, -0.2) is 4.98 Å². The fraction of sp³-hybridized carbons (Fsp3) is 0.545. The maximum absolute atomic E-state index is 6.00. The van der Waals surface area contributed by atoms with Crippen LogP contribution in [-0.2, 0) is 0 Å². The Hall–Kier alpha value is -0.280. The number of rotatable bonds is 4. The number of halogens is 2. The standard InChI is InChI=1S/C11H14BrClN2/c1-7(4-8-2-3-8)15-10-5-9(12)6-14-11(10)13/h5-8,15H,2-4H2,1H3. The number of nitrogens with one attached hydrogen (secondary N) is 1. The molecule has 1 aliphatic carbocycles. The highest BCUT2D eigenvalue weighted by molar-refractivity contribution is 9.10. The lowest BCUT2D eigenvalue weighted by Crippen LogP contribution is -2.16. The topological polar surface area (TPSA) is 24.9 Å². The Morgan fingerprint density at radius 1 is 1.67 bits per heavy atom. The molecular weight excluding hydrogens is 275 g/mol. The Balaban J connectivity index is 1.98. The molecule has 1 unspecified atom stereocenters. The Morgan fingerprint density at radius 2 is 2.40 bits per heavy atom. The maximum atomic E-state index is 6.00. The van der Waals surface area contributed by atoms with Crippen LogP contribution in [0.15, 0.2) is 16.7 Å². The summed E-state index contributed by atoms with van der Waals surface area (Å²) >= 11 is 9.39. The zero-order valence-electron chi connectivity index (χ0n) is 8.63. The lowest BCUT2D eigenvalue weighted by atomic mass is 10.1. The van der Waals surface area contributed by atoms with Crippen LogP contribution >= 0.6 is 27.5 Å². The molecule has 0 radical (unpaired) electrons. The number of pyridine rings is 1. The quantitative estimate of drug-likeness (QED) is 0.844. The fourth-order valence-electron chi connectivity index (χ4n) is 1.70. The molecule has 82 valence electrons. The van der Waals surface area contributed by atoms with Crippen LogP contribution in [0.2, 0.25) is 5.15 Å². The molecule has 15 heavy (non-hydrogen) atoms. The average Bonchev–Trinajstić information content (AvgIpc) is 2.95. The largest absolute Gasteiger partial charge is 0.380 e. The second kappa shape index (κ2) is 4.71. The van der Waals surface area contributed by atoms with Gasteiger partial charge in [0.2, 0.25) is 0 Å². The van der Waals surface area contributed by atoms with Gasteiger partial charge < -0.3 is 5.32 Å². The van der Waals surface area contributed by atoms with E-state index in [4.69, 9.17) is 11.6 Å². The molecule has 0 amide bonds. The van der Waals surface area contributed by atoms with Crippen molar-refractivity contribution in [1.82, 2.24) is 4.98 Å². The second-order valence-corrected chi connectivity index (χ2v) is 5.49. The van der Waals surface area contributed by atoms with E-state index in [2.05, 4.69) is 33.2 Å². The molecule has 1 saturated carbocycles. The number of anilines is 1. The normalized spacial score (nSPS) is 17.5. The fourth-order valence-corrected chi connectivity index (χ4v) is 2.19. The first-order valence-electron chi connectivity index (χ1n) is 5.22. The van der Waals surface area contributed by atoms with E-state index in [-0.39, 0.29) is 0 Å². The van der Waals surface area contributed by atoms with E-state index in [1.807, 2.05) is 6.07 Å². The van der Waals surface area contributed by atoms with Gasteiger partial charge in [-0.15, -0.1) is 0 Å². The van der Waals surface area contributed by atoms with Crippen molar-refractivity contribution in [2.75, 3.05) is 5.32 Å². The number of aromatic nitrogens is 1. The zero-order chi connectivity index (χ0) is 10.8. The minimum absolute atomic E-state index is 0.464. The van der Waals surface area contributed by atoms with E-state index >= 15 is 0 Å². The summed E-state index contributed by atoms with van der Waals surface area (Å²) in [6.45, 7) is 2.19. The van der Waals surface area contributed by atoms with Crippen molar-refractivity contribution in [3.63, 3.8) is 0 Å². The average molecular weight is 290 g/mol. The molecule has 1 heterocycles. The summed E-state index contributed by atoms with van der Waals surface area (Å²) in [6, 6.07) is 2.43. The molecule has 2 rings (SSSR count). The van der Waals surface area contributed by atoms with Crippen LogP contribution in [0, 0.1) is 5.92 Å². The third-order valence-electron chi connectivity index (χ3n) is 2.59.